The third kappa shape index (κ3) is 2.73. The molecule has 1 aromatic rings. The highest BCUT2D eigenvalue weighted by atomic mass is 32.2. The largest absolute Gasteiger partial charge is 0.417 e. The highest BCUT2D eigenvalue weighted by molar-refractivity contribution is 7.91. The van der Waals surface area contributed by atoms with Crippen LogP contribution >= 0.6 is 0 Å². The van der Waals surface area contributed by atoms with Crippen LogP contribution in [0.2, 0.25) is 0 Å². The molecule has 0 saturated carbocycles. The average molecular weight is 254 g/mol. The summed E-state index contributed by atoms with van der Waals surface area (Å²) in [6.45, 7) is -0.714. The van der Waals surface area contributed by atoms with Crippen molar-refractivity contribution in [1.29, 1.82) is 0 Å². The van der Waals surface area contributed by atoms with Gasteiger partial charge < -0.3 is 5.11 Å². The second kappa shape index (κ2) is 4.42. The van der Waals surface area contributed by atoms with E-state index in [0.29, 0.717) is 6.07 Å². The van der Waals surface area contributed by atoms with Crippen LogP contribution in [0.5, 0.6) is 0 Å². The highest BCUT2D eigenvalue weighted by Crippen LogP contribution is 2.34. The van der Waals surface area contributed by atoms with Crippen molar-refractivity contribution in [3.05, 3.63) is 29.8 Å². The predicted molar refractivity (Wildman–Crippen MR) is 50.6 cm³/mol. The minimum Gasteiger partial charge on any atom is -0.395 e. The summed E-state index contributed by atoms with van der Waals surface area (Å²) in [5, 5.41) is 8.50. The van der Waals surface area contributed by atoms with Gasteiger partial charge in [-0.05, 0) is 12.1 Å². The number of rotatable bonds is 3. The molecule has 0 heterocycles. The Bertz CT molecular complexity index is 465. The maximum absolute atomic E-state index is 12.5. The van der Waals surface area contributed by atoms with E-state index in [9.17, 15) is 21.6 Å². The fourth-order valence-electron chi connectivity index (χ4n) is 1.20. The van der Waals surface area contributed by atoms with Gasteiger partial charge in [0.2, 0.25) is 0 Å². The van der Waals surface area contributed by atoms with E-state index in [1.54, 1.807) is 0 Å². The van der Waals surface area contributed by atoms with Crippen LogP contribution in [0.25, 0.3) is 0 Å². The fraction of sp³-hybridized carbons (Fsp3) is 0.333. The summed E-state index contributed by atoms with van der Waals surface area (Å²) in [7, 11) is -4.09. The van der Waals surface area contributed by atoms with E-state index in [1.807, 2.05) is 0 Å². The molecule has 0 saturated heterocycles. The summed E-state index contributed by atoms with van der Waals surface area (Å²) in [5.74, 6) is -0.722. The molecule has 3 nitrogen and oxygen atoms in total. The van der Waals surface area contributed by atoms with Crippen LogP contribution in [-0.4, -0.2) is 25.9 Å². The molecule has 7 heteroatoms. The monoisotopic (exact) mass is 254 g/mol. The summed E-state index contributed by atoms with van der Waals surface area (Å²) >= 11 is 0. The molecule has 0 amide bonds. The van der Waals surface area contributed by atoms with E-state index in [4.69, 9.17) is 5.11 Å². The molecule has 0 aromatic heterocycles. The Balaban J connectivity index is 3.35. The average Bonchev–Trinajstić information content (AvgIpc) is 2.16. The number of aliphatic hydroxyl groups excluding tert-OH is 1. The van der Waals surface area contributed by atoms with Gasteiger partial charge in [-0.2, -0.15) is 13.2 Å². The molecule has 1 aromatic carbocycles. The van der Waals surface area contributed by atoms with Crippen LogP contribution in [-0.2, 0) is 16.0 Å². The number of hydrogen-bond donors (Lipinski definition) is 1. The minimum atomic E-state index is -4.72. The molecule has 0 aliphatic heterocycles. The number of hydrogen-bond acceptors (Lipinski definition) is 3. The van der Waals surface area contributed by atoms with E-state index in [2.05, 4.69) is 0 Å². The lowest BCUT2D eigenvalue weighted by Gasteiger charge is -2.12. The van der Waals surface area contributed by atoms with Crippen LogP contribution in [0.1, 0.15) is 5.56 Å². The molecule has 0 bridgehead atoms. The number of benzene rings is 1. The molecule has 1 rings (SSSR count). The smallest absolute Gasteiger partial charge is 0.395 e. The molecule has 0 aliphatic carbocycles. The van der Waals surface area contributed by atoms with E-state index in [-0.39, 0.29) is 0 Å². The lowest BCUT2D eigenvalue weighted by molar-refractivity contribution is -0.139. The Morgan fingerprint density at radius 2 is 1.75 bits per heavy atom. The molecule has 0 spiro atoms. The number of aliphatic hydroxyl groups is 1. The fourth-order valence-corrected chi connectivity index (χ4v) is 2.47. The maximum Gasteiger partial charge on any atom is 0.417 e. The zero-order valence-electron chi connectivity index (χ0n) is 8.03. The molecule has 0 aliphatic rings. The number of sulfone groups is 1. The van der Waals surface area contributed by atoms with Gasteiger partial charge >= 0.3 is 6.18 Å². The van der Waals surface area contributed by atoms with Crippen LogP contribution in [0.3, 0.4) is 0 Å². The molecule has 16 heavy (non-hydrogen) atoms. The van der Waals surface area contributed by atoms with Crippen LogP contribution in [0.15, 0.2) is 29.2 Å². The third-order valence-corrected chi connectivity index (χ3v) is 3.63. The second-order valence-electron chi connectivity index (χ2n) is 3.04. The second-order valence-corrected chi connectivity index (χ2v) is 5.11. The lowest BCUT2D eigenvalue weighted by Crippen LogP contribution is -2.16. The molecular weight excluding hydrogens is 245 g/mol. The van der Waals surface area contributed by atoms with Gasteiger partial charge in [0.1, 0.15) is 0 Å². The summed E-state index contributed by atoms with van der Waals surface area (Å²) in [6.07, 6.45) is -4.72. The van der Waals surface area contributed by atoms with Crippen molar-refractivity contribution >= 4 is 9.84 Å². The minimum absolute atomic E-state index is 0.699. The summed E-state index contributed by atoms with van der Waals surface area (Å²) < 4.78 is 60.4. The van der Waals surface area contributed by atoms with Gasteiger partial charge in [-0.15, -0.1) is 0 Å². The van der Waals surface area contributed by atoms with E-state index in [1.165, 1.54) is 6.07 Å². The Hall–Kier alpha value is -1.08. The molecule has 0 unspecified atom stereocenters. The van der Waals surface area contributed by atoms with Crippen LogP contribution in [0, 0.1) is 0 Å². The molecule has 0 fully saturated rings. The molecule has 90 valence electrons. The Morgan fingerprint density at radius 1 is 1.19 bits per heavy atom. The van der Waals surface area contributed by atoms with Crippen molar-refractivity contribution in [3.63, 3.8) is 0 Å². The Morgan fingerprint density at radius 3 is 2.25 bits per heavy atom. The van der Waals surface area contributed by atoms with E-state index < -0.39 is 38.8 Å². The summed E-state index contributed by atoms with van der Waals surface area (Å²) in [5.41, 5.74) is -1.21. The van der Waals surface area contributed by atoms with Gasteiger partial charge in [0.05, 0.1) is 22.8 Å². The number of halogens is 3. The third-order valence-electron chi connectivity index (χ3n) is 1.89. The van der Waals surface area contributed by atoms with Crippen molar-refractivity contribution in [2.24, 2.45) is 0 Å². The van der Waals surface area contributed by atoms with Crippen molar-refractivity contribution in [2.45, 2.75) is 11.1 Å². The maximum atomic E-state index is 12.5. The molecule has 1 N–H and O–H groups in total. The van der Waals surface area contributed by atoms with Gasteiger partial charge in [0.25, 0.3) is 0 Å². The molecule has 0 radical (unpaired) electrons. The predicted octanol–water partition coefficient (Wildman–Crippen LogP) is 1.47. The lowest BCUT2D eigenvalue weighted by atomic mass is 10.2. The topological polar surface area (TPSA) is 54.4 Å². The highest BCUT2D eigenvalue weighted by Gasteiger charge is 2.36. The SMILES string of the molecule is O=S(=O)(CCO)c1ccccc1C(F)(F)F. The summed E-state index contributed by atoms with van der Waals surface area (Å²) in [6, 6.07) is 3.90. The number of alkyl halides is 3. The molecular formula is C9H9F3O3S. The first-order valence-electron chi connectivity index (χ1n) is 4.29. The first kappa shape index (κ1) is 13.0. The van der Waals surface area contributed by atoms with Gasteiger partial charge in [-0.25, -0.2) is 8.42 Å². The van der Waals surface area contributed by atoms with Gasteiger partial charge in [-0.3, -0.25) is 0 Å². The van der Waals surface area contributed by atoms with Crippen molar-refractivity contribution in [1.82, 2.24) is 0 Å². The van der Waals surface area contributed by atoms with Gasteiger partial charge in [-0.1, -0.05) is 12.1 Å². The van der Waals surface area contributed by atoms with Crippen molar-refractivity contribution < 1.29 is 26.7 Å². The first-order valence-corrected chi connectivity index (χ1v) is 5.94. The first-order chi connectivity index (χ1) is 7.29. The zero-order chi connectivity index (χ0) is 12.4. The van der Waals surface area contributed by atoms with Gasteiger partial charge in [0.15, 0.2) is 9.84 Å². The quantitative estimate of drug-likeness (QED) is 0.888. The normalized spacial score (nSPS) is 12.8. The standard InChI is InChI=1S/C9H9F3O3S/c10-9(11,12)7-3-1-2-4-8(7)16(14,15)6-5-13/h1-4,13H,5-6H2. The van der Waals surface area contributed by atoms with Gasteiger partial charge in [0, 0.05) is 0 Å². The Labute approximate surface area is 90.4 Å². The van der Waals surface area contributed by atoms with Crippen LogP contribution < -0.4 is 0 Å². The van der Waals surface area contributed by atoms with Crippen molar-refractivity contribution in [3.8, 4) is 0 Å². The summed E-state index contributed by atoms with van der Waals surface area (Å²) in [4.78, 5) is -0.795. The van der Waals surface area contributed by atoms with E-state index in [0.717, 1.165) is 12.1 Å². The van der Waals surface area contributed by atoms with Crippen LogP contribution in [0.4, 0.5) is 13.2 Å². The zero-order valence-corrected chi connectivity index (χ0v) is 8.85. The molecule has 0 atom stereocenters. The van der Waals surface area contributed by atoms with E-state index >= 15 is 0 Å². The van der Waals surface area contributed by atoms with Crippen molar-refractivity contribution in [2.75, 3.05) is 12.4 Å². The Kier molecular flexibility index (Phi) is 3.59.